The van der Waals surface area contributed by atoms with Crippen LogP contribution in [0, 0.1) is 0 Å². The Bertz CT molecular complexity index is 558. The van der Waals surface area contributed by atoms with E-state index >= 15 is 0 Å². The largest absolute Gasteiger partial charge is 0.448 e. The van der Waals surface area contributed by atoms with Crippen molar-refractivity contribution in [1.29, 1.82) is 0 Å². The summed E-state index contributed by atoms with van der Waals surface area (Å²) in [7, 11) is 0. The third kappa shape index (κ3) is 2.81. The summed E-state index contributed by atoms with van der Waals surface area (Å²) in [5, 5.41) is 1.93. The summed E-state index contributed by atoms with van der Waals surface area (Å²) in [4.78, 5) is 37.3. The highest BCUT2D eigenvalue weighted by Gasteiger charge is 2.55. The molecule has 0 radical (unpaired) electrons. The van der Waals surface area contributed by atoms with Crippen molar-refractivity contribution >= 4 is 18.0 Å². The Balaban J connectivity index is 2.55. The van der Waals surface area contributed by atoms with Crippen molar-refractivity contribution < 1.29 is 28.6 Å². The summed E-state index contributed by atoms with van der Waals surface area (Å²) in [6.45, 7) is 5.34. The van der Waals surface area contributed by atoms with Gasteiger partial charge in [-0.15, -0.1) is 0 Å². The minimum absolute atomic E-state index is 0.0875. The molecule has 2 bridgehead atoms. The molecule has 8 nitrogen and oxygen atoms in total. The topological polar surface area (TPSA) is 85.4 Å². The minimum Gasteiger partial charge on any atom is -0.448 e. The Morgan fingerprint density at radius 1 is 1.09 bits per heavy atom. The van der Waals surface area contributed by atoms with Gasteiger partial charge in [-0.1, -0.05) is 12.2 Å². The van der Waals surface area contributed by atoms with Gasteiger partial charge in [0, 0.05) is 6.61 Å². The zero-order valence-corrected chi connectivity index (χ0v) is 13.4. The second-order valence-corrected chi connectivity index (χ2v) is 4.76. The summed E-state index contributed by atoms with van der Waals surface area (Å²) < 4.78 is 15.6. The molecule has 2 amide bonds. The first-order chi connectivity index (χ1) is 11.0. The normalized spacial score (nSPS) is 25.5. The Morgan fingerprint density at radius 3 is 2.35 bits per heavy atom. The molecule has 1 aliphatic carbocycles. The fourth-order valence-electron chi connectivity index (χ4n) is 2.51. The van der Waals surface area contributed by atoms with Crippen LogP contribution in [-0.4, -0.2) is 59.6 Å². The molecule has 0 saturated carbocycles. The van der Waals surface area contributed by atoms with Gasteiger partial charge in [-0.05, 0) is 32.9 Å². The highest BCUT2D eigenvalue weighted by atomic mass is 16.6. The molecule has 0 spiro atoms. The summed E-state index contributed by atoms with van der Waals surface area (Å²) in [5.41, 5.74) is -1.75. The minimum atomic E-state index is -1.75. The van der Waals surface area contributed by atoms with Gasteiger partial charge in [-0.3, -0.25) is 4.79 Å². The number of amides is 2. The monoisotopic (exact) mass is 324 g/mol. The van der Waals surface area contributed by atoms with Crippen molar-refractivity contribution in [3.05, 3.63) is 24.3 Å². The van der Waals surface area contributed by atoms with E-state index < -0.39 is 29.7 Å². The van der Waals surface area contributed by atoms with Gasteiger partial charge in [0.2, 0.25) is 11.5 Å². The van der Waals surface area contributed by atoms with E-state index in [1.165, 1.54) is 18.2 Å². The summed E-state index contributed by atoms with van der Waals surface area (Å²) in [5.74, 6) is -0.474. The molecule has 0 aromatic heterocycles. The average Bonchev–Trinajstić information content (AvgIpc) is 2.74. The van der Waals surface area contributed by atoms with Crippen LogP contribution < -0.4 is 0 Å². The van der Waals surface area contributed by atoms with E-state index in [0.29, 0.717) is 0 Å². The number of hydrazine groups is 1. The first-order valence-electron chi connectivity index (χ1n) is 7.50. The van der Waals surface area contributed by atoms with Crippen LogP contribution in [0.5, 0.6) is 0 Å². The molecule has 0 saturated heterocycles. The van der Waals surface area contributed by atoms with Crippen molar-refractivity contribution in [2.45, 2.75) is 32.5 Å². The molecule has 3 rings (SSSR count). The van der Waals surface area contributed by atoms with E-state index in [0.717, 1.165) is 10.0 Å². The average molecular weight is 324 g/mol. The quantitative estimate of drug-likeness (QED) is 0.731. The molecule has 126 valence electrons. The van der Waals surface area contributed by atoms with Crippen molar-refractivity contribution in [2.24, 2.45) is 0 Å². The summed E-state index contributed by atoms with van der Waals surface area (Å²) in [6, 6.07) is -0.640. The van der Waals surface area contributed by atoms with Crippen LogP contribution in [0.4, 0.5) is 9.59 Å². The second-order valence-electron chi connectivity index (χ2n) is 4.76. The predicted molar refractivity (Wildman–Crippen MR) is 79.2 cm³/mol. The lowest BCUT2D eigenvalue weighted by molar-refractivity contribution is -0.190. The standard InChI is InChI=1S/C15H20N2O6/c1-4-21-13(19)16-11-7-8-12(18)15(10-9-11,23-6-3)17(16)14(20)22-5-2/h7-11H,4-6H2,1-3H3/t11-,15+/m1/s1. The Morgan fingerprint density at radius 2 is 1.74 bits per heavy atom. The number of carbonyl (C=O) groups excluding carboxylic acids is 3. The molecule has 3 aliphatic rings. The Labute approximate surface area is 134 Å². The second kappa shape index (κ2) is 6.82. The number of carbonyl (C=O) groups is 3. The molecule has 0 N–H and O–H groups in total. The van der Waals surface area contributed by atoms with Crippen LogP contribution in [0.1, 0.15) is 20.8 Å². The van der Waals surface area contributed by atoms with E-state index in [-0.39, 0.29) is 19.8 Å². The number of hydrogen-bond donors (Lipinski definition) is 0. The van der Waals surface area contributed by atoms with Crippen LogP contribution in [0.15, 0.2) is 24.3 Å². The molecule has 23 heavy (non-hydrogen) atoms. The highest BCUT2D eigenvalue weighted by molar-refractivity contribution is 6.02. The van der Waals surface area contributed by atoms with Crippen molar-refractivity contribution in [1.82, 2.24) is 10.0 Å². The molecule has 0 unspecified atom stereocenters. The van der Waals surface area contributed by atoms with Crippen LogP contribution in [0.25, 0.3) is 0 Å². The molecule has 0 fully saturated rings. The molecular weight excluding hydrogens is 304 g/mol. The van der Waals surface area contributed by atoms with E-state index in [1.807, 2.05) is 0 Å². The molecule has 0 aromatic carbocycles. The maximum Gasteiger partial charge on any atom is 0.432 e. The predicted octanol–water partition coefficient (Wildman–Crippen LogP) is 1.63. The molecular formula is C15H20N2O6. The molecule has 2 atom stereocenters. The van der Waals surface area contributed by atoms with E-state index in [4.69, 9.17) is 14.2 Å². The molecule has 2 aliphatic heterocycles. The van der Waals surface area contributed by atoms with Gasteiger partial charge in [0.15, 0.2) is 0 Å². The number of fused-ring (bicyclic) bond motifs is 2. The molecule has 8 heteroatoms. The fourth-order valence-corrected chi connectivity index (χ4v) is 2.51. The molecule has 2 heterocycles. The lowest BCUT2D eigenvalue weighted by Crippen LogP contribution is -2.68. The van der Waals surface area contributed by atoms with Crippen LogP contribution in [0.2, 0.25) is 0 Å². The number of nitrogens with zero attached hydrogens (tertiary/aromatic N) is 2. The maximum absolute atomic E-state index is 12.5. The number of ether oxygens (including phenoxy) is 3. The van der Waals surface area contributed by atoms with E-state index in [2.05, 4.69) is 0 Å². The lowest BCUT2D eigenvalue weighted by atomic mass is 10.1. The fraction of sp³-hybridized carbons (Fsp3) is 0.533. The van der Waals surface area contributed by atoms with E-state index in [9.17, 15) is 14.4 Å². The number of hydrogen-bond acceptors (Lipinski definition) is 6. The van der Waals surface area contributed by atoms with Crippen LogP contribution in [-0.2, 0) is 19.0 Å². The van der Waals surface area contributed by atoms with Crippen LogP contribution >= 0.6 is 0 Å². The first-order valence-corrected chi connectivity index (χ1v) is 7.50. The number of ketones is 1. The van der Waals surface area contributed by atoms with Gasteiger partial charge in [0.05, 0.1) is 19.3 Å². The number of rotatable bonds is 4. The lowest BCUT2D eigenvalue weighted by Gasteiger charge is -2.46. The van der Waals surface area contributed by atoms with Crippen LogP contribution in [0.3, 0.4) is 0 Å². The van der Waals surface area contributed by atoms with Gasteiger partial charge >= 0.3 is 12.2 Å². The van der Waals surface area contributed by atoms with Gasteiger partial charge in [0.1, 0.15) is 0 Å². The Kier molecular flexibility index (Phi) is 5.05. The van der Waals surface area contributed by atoms with Crippen molar-refractivity contribution in [3.8, 4) is 0 Å². The highest BCUT2D eigenvalue weighted by Crippen LogP contribution is 2.34. The van der Waals surface area contributed by atoms with Crippen molar-refractivity contribution in [3.63, 3.8) is 0 Å². The third-order valence-corrected chi connectivity index (χ3v) is 3.39. The van der Waals surface area contributed by atoms with E-state index in [1.54, 1.807) is 26.8 Å². The Hall–Kier alpha value is -2.35. The summed E-state index contributed by atoms with van der Waals surface area (Å²) >= 11 is 0. The van der Waals surface area contributed by atoms with Crippen molar-refractivity contribution in [2.75, 3.05) is 19.8 Å². The van der Waals surface area contributed by atoms with Gasteiger partial charge < -0.3 is 14.2 Å². The third-order valence-electron chi connectivity index (χ3n) is 3.39. The smallest absolute Gasteiger partial charge is 0.432 e. The SMILES string of the molecule is CCOC(=O)N1[C@@H]2C=CC(=O)[C@@](OCC)(C=C2)N1C(=O)OCC. The zero-order valence-electron chi connectivity index (χ0n) is 13.4. The maximum atomic E-state index is 12.5. The zero-order chi connectivity index (χ0) is 17.0. The summed E-state index contributed by atoms with van der Waals surface area (Å²) in [6.07, 6.45) is 4.26. The van der Waals surface area contributed by atoms with Gasteiger partial charge in [0.25, 0.3) is 0 Å². The molecule has 0 aromatic rings. The van der Waals surface area contributed by atoms with Gasteiger partial charge in [-0.2, -0.15) is 10.0 Å². The van der Waals surface area contributed by atoms with Gasteiger partial charge in [-0.25, -0.2) is 9.59 Å². The first kappa shape index (κ1) is 17.0.